The Kier molecular flexibility index (Phi) is 4.29. The van der Waals surface area contributed by atoms with Crippen molar-refractivity contribution in [1.82, 2.24) is 24.9 Å². The molecule has 3 rings (SSSR count). The lowest BCUT2D eigenvalue weighted by Gasteiger charge is -2.41. The van der Waals surface area contributed by atoms with Crippen LogP contribution in [0.1, 0.15) is 26.0 Å². The van der Waals surface area contributed by atoms with Gasteiger partial charge in [-0.2, -0.15) is 5.10 Å². The van der Waals surface area contributed by atoms with Crippen molar-refractivity contribution in [2.75, 3.05) is 13.1 Å². The molecule has 0 bridgehead atoms. The maximum atomic E-state index is 12.6. The van der Waals surface area contributed by atoms with Gasteiger partial charge in [-0.25, -0.2) is 0 Å². The van der Waals surface area contributed by atoms with E-state index in [4.69, 9.17) is 0 Å². The van der Waals surface area contributed by atoms with Gasteiger partial charge in [-0.1, -0.05) is 0 Å². The van der Waals surface area contributed by atoms with Crippen LogP contribution in [0.4, 0.5) is 0 Å². The van der Waals surface area contributed by atoms with Gasteiger partial charge in [0.05, 0.1) is 11.7 Å². The van der Waals surface area contributed by atoms with Gasteiger partial charge in [0, 0.05) is 32.3 Å². The summed E-state index contributed by atoms with van der Waals surface area (Å²) in [6.07, 6.45) is 2.45. The highest BCUT2D eigenvalue weighted by molar-refractivity contribution is 5.89. The molecule has 2 aliphatic heterocycles. The van der Waals surface area contributed by atoms with E-state index in [1.54, 1.807) is 27.6 Å². The van der Waals surface area contributed by atoms with Crippen LogP contribution < -0.4 is 5.32 Å². The summed E-state index contributed by atoms with van der Waals surface area (Å²) in [6, 6.07) is 1.29. The molecule has 1 aromatic heterocycles. The van der Waals surface area contributed by atoms with Crippen molar-refractivity contribution in [1.29, 1.82) is 0 Å². The van der Waals surface area contributed by atoms with Gasteiger partial charge >= 0.3 is 0 Å². The lowest BCUT2D eigenvalue weighted by atomic mass is 10.1. The molecule has 1 N–H and O–H groups in total. The molecule has 0 spiro atoms. The third-order valence-corrected chi connectivity index (χ3v) is 4.73. The van der Waals surface area contributed by atoms with Crippen LogP contribution >= 0.6 is 0 Å². The predicted octanol–water partition coefficient (Wildman–Crippen LogP) is -0.472. The number of piperazine rings is 1. The monoisotopic (exact) mass is 333 g/mol. The molecule has 8 nitrogen and oxygen atoms in total. The van der Waals surface area contributed by atoms with Crippen molar-refractivity contribution >= 4 is 17.7 Å². The zero-order chi connectivity index (χ0) is 17.4. The van der Waals surface area contributed by atoms with Crippen LogP contribution in [0.25, 0.3) is 0 Å². The van der Waals surface area contributed by atoms with Crippen molar-refractivity contribution in [2.24, 2.45) is 0 Å². The minimum absolute atomic E-state index is 0.0335. The van der Waals surface area contributed by atoms with E-state index in [1.807, 2.05) is 13.0 Å². The van der Waals surface area contributed by atoms with E-state index >= 15 is 0 Å². The van der Waals surface area contributed by atoms with Gasteiger partial charge < -0.3 is 15.1 Å². The molecule has 2 fully saturated rings. The largest absolute Gasteiger partial charge is 0.352 e. The molecule has 0 aliphatic carbocycles. The molecular weight excluding hydrogens is 310 g/mol. The standard InChI is InChI=1S/C16H23N5O3/c1-10-4-5-19(18-10)9-15(23)20-8-14-6-13(17-12(3)22)7-21(14)16(24)11(20)2/h4-5,11,13-14H,6-9H2,1-3H3,(H,17,22). The third kappa shape index (κ3) is 3.13. The van der Waals surface area contributed by atoms with Gasteiger partial charge in [-0.15, -0.1) is 0 Å². The van der Waals surface area contributed by atoms with Crippen LogP contribution in [-0.4, -0.2) is 68.5 Å². The normalized spacial score (nSPS) is 26.5. The zero-order valence-electron chi connectivity index (χ0n) is 14.2. The van der Waals surface area contributed by atoms with Crippen LogP contribution in [0, 0.1) is 6.92 Å². The van der Waals surface area contributed by atoms with E-state index in [-0.39, 0.29) is 36.3 Å². The molecule has 3 unspecified atom stereocenters. The fourth-order valence-electron chi connectivity index (χ4n) is 3.61. The van der Waals surface area contributed by atoms with E-state index in [2.05, 4.69) is 10.4 Å². The molecule has 24 heavy (non-hydrogen) atoms. The number of nitrogens with zero attached hydrogens (tertiary/aromatic N) is 4. The van der Waals surface area contributed by atoms with Gasteiger partial charge in [-0.3, -0.25) is 19.1 Å². The Labute approximate surface area is 140 Å². The van der Waals surface area contributed by atoms with Crippen molar-refractivity contribution in [2.45, 2.75) is 51.9 Å². The Hall–Kier alpha value is -2.38. The van der Waals surface area contributed by atoms with E-state index in [9.17, 15) is 14.4 Å². The second-order valence-electron chi connectivity index (χ2n) is 6.65. The van der Waals surface area contributed by atoms with Gasteiger partial charge in [0.25, 0.3) is 0 Å². The first-order valence-electron chi connectivity index (χ1n) is 8.22. The van der Waals surface area contributed by atoms with Crippen LogP contribution in [0.15, 0.2) is 12.3 Å². The topological polar surface area (TPSA) is 87.5 Å². The first-order valence-corrected chi connectivity index (χ1v) is 8.22. The lowest BCUT2D eigenvalue weighted by Crippen LogP contribution is -2.60. The maximum absolute atomic E-state index is 12.6. The summed E-state index contributed by atoms with van der Waals surface area (Å²) in [5, 5.41) is 7.10. The number of hydrogen-bond acceptors (Lipinski definition) is 4. The smallest absolute Gasteiger partial charge is 0.245 e. The zero-order valence-corrected chi connectivity index (χ0v) is 14.2. The average molecular weight is 333 g/mol. The summed E-state index contributed by atoms with van der Waals surface area (Å²) in [5.41, 5.74) is 0.852. The molecule has 8 heteroatoms. The number of amides is 3. The molecular formula is C16H23N5O3. The fraction of sp³-hybridized carbons (Fsp3) is 0.625. The summed E-state index contributed by atoms with van der Waals surface area (Å²) >= 11 is 0. The molecule has 0 aromatic carbocycles. The Morgan fingerprint density at radius 1 is 1.38 bits per heavy atom. The first-order chi connectivity index (χ1) is 11.3. The number of aryl methyl sites for hydroxylation is 1. The molecule has 3 atom stereocenters. The van der Waals surface area contributed by atoms with E-state index in [0.29, 0.717) is 19.5 Å². The lowest BCUT2D eigenvalue weighted by molar-refractivity contribution is -0.152. The Bertz CT molecular complexity index is 670. The molecule has 1 aromatic rings. The van der Waals surface area contributed by atoms with Crippen molar-refractivity contribution in [3.05, 3.63) is 18.0 Å². The number of carbonyl (C=O) groups excluding carboxylic acids is 3. The molecule has 3 amide bonds. The van der Waals surface area contributed by atoms with Gasteiger partial charge in [-0.05, 0) is 26.3 Å². The van der Waals surface area contributed by atoms with Crippen molar-refractivity contribution in [3.8, 4) is 0 Å². The minimum atomic E-state index is -0.485. The highest BCUT2D eigenvalue weighted by Crippen LogP contribution is 2.26. The average Bonchev–Trinajstić information content (AvgIpc) is 3.08. The van der Waals surface area contributed by atoms with Crippen molar-refractivity contribution < 1.29 is 14.4 Å². The summed E-state index contributed by atoms with van der Waals surface area (Å²) in [7, 11) is 0. The predicted molar refractivity (Wildman–Crippen MR) is 85.9 cm³/mol. The summed E-state index contributed by atoms with van der Waals surface area (Å²) in [6.45, 7) is 6.26. The van der Waals surface area contributed by atoms with Crippen molar-refractivity contribution in [3.63, 3.8) is 0 Å². The van der Waals surface area contributed by atoms with Crippen LogP contribution in [0.2, 0.25) is 0 Å². The number of rotatable bonds is 3. The van der Waals surface area contributed by atoms with Crippen LogP contribution in [-0.2, 0) is 20.9 Å². The molecule has 130 valence electrons. The Morgan fingerprint density at radius 3 is 2.75 bits per heavy atom. The Balaban J connectivity index is 1.69. The van der Waals surface area contributed by atoms with E-state index < -0.39 is 6.04 Å². The summed E-state index contributed by atoms with van der Waals surface area (Å²) in [5.74, 6) is -0.256. The molecule has 2 aliphatic rings. The van der Waals surface area contributed by atoms with Crippen LogP contribution in [0.3, 0.4) is 0 Å². The molecule has 2 saturated heterocycles. The number of aromatic nitrogens is 2. The highest BCUT2D eigenvalue weighted by atomic mass is 16.2. The quantitative estimate of drug-likeness (QED) is 0.810. The van der Waals surface area contributed by atoms with Gasteiger partial charge in [0.1, 0.15) is 12.6 Å². The SMILES string of the molecule is CC(=O)NC1CC2CN(C(=O)Cn3ccc(C)n3)C(C)C(=O)N2C1. The van der Waals surface area contributed by atoms with E-state index in [0.717, 1.165) is 5.69 Å². The fourth-order valence-corrected chi connectivity index (χ4v) is 3.61. The van der Waals surface area contributed by atoms with Gasteiger partial charge in [0.15, 0.2) is 0 Å². The van der Waals surface area contributed by atoms with Gasteiger partial charge in [0.2, 0.25) is 17.7 Å². The number of nitrogens with one attached hydrogen (secondary N) is 1. The second kappa shape index (κ2) is 6.26. The van der Waals surface area contributed by atoms with Crippen LogP contribution in [0.5, 0.6) is 0 Å². The number of hydrogen-bond donors (Lipinski definition) is 1. The summed E-state index contributed by atoms with van der Waals surface area (Å²) in [4.78, 5) is 39.9. The first kappa shape index (κ1) is 16.5. The number of fused-ring (bicyclic) bond motifs is 1. The van der Waals surface area contributed by atoms with E-state index in [1.165, 1.54) is 6.92 Å². The third-order valence-electron chi connectivity index (χ3n) is 4.73. The second-order valence-corrected chi connectivity index (χ2v) is 6.65. The maximum Gasteiger partial charge on any atom is 0.245 e. The molecule has 0 saturated carbocycles. The molecule has 3 heterocycles. The Morgan fingerprint density at radius 2 is 2.12 bits per heavy atom. The summed E-state index contributed by atoms with van der Waals surface area (Å²) < 4.78 is 1.59. The highest BCUT2D eigenvalue weighted by Gasteiger charge is 2.45. The molecule has 0 radical (unpaired) electrons. The number of carbonyl (C=O) groups is 3. The minimum Gasteiger partial charge on any atom is -0.352 e.